The lowest BCUT2D eigenvalue weighted by Gasteiger charge is -2.14. The maximum atomic E-state index is 6.06. The number of rotatable bonds is 3. The minimum Gasteiger partial charge on any atom is -0.496 e. The first-order valence-corrected chi connectivity index (χ1v) is 6.32. The molecule has 100 valence electrons. The number of nitrogens with two attached hydrogens (primary N) is 1. The van der Waals surface area contributed by atoms with Crippen LogP contribution in [0.2, 0.25) is 0 Å². The fourth-order valence-electron chi connectivity index (χ4n) is 2.27. The van der Waals surface area contributed by atoms with Gasteiger partial charge in [0, 0.05) is 11.3 Å². The highest BCUT2D eigenvalue weighted by molar-refractivity contribution is 5.66. The lowest BCUT2D eigenvalue weighted by Crippen LogP contribution is -2.07. The van der Waals surface area contributed by atoms with E-state index in [1.54, 1.807) is 7.11 Å². The molecule has 0 amide bonds. The van der Waals surface area contributed by atoms with Gasteiger partial charge in [-0.25, -0.2) is 9.97 Å². The van der Waals surface area contributed by atoms with Crippen LogP contribution >= 0.6 is 0 Å². The fourth-order valence-corrected chi connectivity index (χ4v) is 2.27. The number of benzene rings is 1. The summed E-state index contributed by atoms with van der Waals surface area (Å²) in [6.07, 6.45) is 0. The Bertz CT molecular complexity index is 571. The maximum Gasteiger partial charge on any atom is 0.165 e. The van der Waals surface area contributed by atoms with E-state index in [4.69, 9.17) is 10.5 Å². The van der Waals surface area contributed by atoms with Crippen LogP contribution in [0.5, 0.6) is 5.75 Å². The maximum absolute atomic E-state index is 6.06. The van der Waals surface area contributed by atoms with Crippen molar-refractivity contribution < 1.29 is 4.74 Å². The third kappa shape index (κ3) is 2.52. The molecule has 4 nitrogen and oxygen atoms in total. The van der Waals surface area contributed by atoms with Crippen LogP contribution < -0.4 is 10.5 Å². The second kappa shape index (κ2) is 5.26. The van der Waals surface area contributed by atoms with Gasteiger partial charge in [0.15, 0.2) is 5.82 Å². The van der Waals surface area contributed by atoms with E-state index >= 15 is 0 Å². The highest BCUT2D eigenvalue weighted by Gasteiger charge is 2.15. The van der Waals surface area contributed by atoms with Crippen LogP contribution in [0, 0.1) is 6.92 Å². The summed E-state index contributed by atoms with van der Waals surface area (Å²) < 4.78 is 5.34. The van der Waals surface area contributed by atoms with Crippen LogP contribution in [0.15, 0.2) is 24.3 Å². The van der Waals surface area contributed by atoms with Gasteiger partial charge in [0.2, 0.25) is 0 Å². The number of hydrogen-bond donors (Lipinski definition) is 1. The normalized spacial score (nSPS) is 10.8. The number of nitrogen functional groups attached to an aromatic ring is 1. The fraction of sp³-hybridized carbons (Fsp3) is 0.333. The first-order chi connectivity index (χ1) is 9.04. The molecule has 0 unspecified atom stereocenters. The molecule has 1 heterocycles. The summed E-state index contributed by atoms with van der Waals surface area (Å²) in [5, 5.41) is 0. The van der Waals surface area contributed by atoms with Gasteiger partial charge in [-0.05, 0) is 25.0 Å². The van der Waals surface area contributed by atoms with Crippen molar-refractivity contribution in [2.24, 2.45) is 0 Å². The van der Waals surface area contributed by atoms with E-state index in [1.807, 2.05) is 31.2 Å². The van der Waals surface area contributed by atoms with Crippen molar-refractivity contribution in [2.45, 2.75) is 26.7 Å². The molecular weight excluding hydrogens is 238 g/mol. The van der Waals surface area contributed by atoms with Crippen molar-refractivity contribution in [3.05, 3.63) is 35.5 Å². The van der Waals surface area contributed by atoms with Crippen molar-refractivity contribution in [2.75, 3.05) is 12.8 Å². The van der Waals surface area contributed by atoms with Crippen LogP contribution in [-0.4, -0.2) is 17.1 Å². The third-order valence-electron chi connectivity index (χ3n) is 3.09. The summed E-state index contributed by atoms with van der Waals surface area (Å²) in [5.74, 6) is 2.21. The lowest BCUT2D eigenvalue weighted by atomic mass is 10.0. The summed E-state index contributed by atoms with van der Waals surface area (Å²) in [4.78, 5) is 8.98. The average molecular weight is 257 g/mol. The molecule has 0 aliphatic heterocycles. The monoisotopic (exact) mass is 257 g/mol. The Balaban J connectivity index is 2.59. The predicted molar refractivity (Wildman–Crippen MR) is 77.3 cm³/mol. The second-order valence-electron chi connectivity index (χ2n) is 4.79. The zero-order valence-electron chi connectivity index (χ0n) is 11.8. The highest BCUT2D eigenvalue weighted by atomic mass is 16.5. The molecular formula is C15H19N3O. The van der Waals surface area contributed by atoms with Gasteiger partial charge >= 0.3 is 0 Å². The zero-order chi connectivity index (χ0) is 14.0. The van der Waals surface area contributed by atoms with Gasteiger partial charge in [-0.15, -0.1) is 0 Å². The smallest absolute Gasteiger partial charge is 0.165 e. The molecule has 0 spiro atoms. The molecule has 2 N–H and O–H groups in total. The van der Waals surface area contributed by atoms with E-state index in [1.165, 1.54) is 0 Å². The Labute approximate surface area is 113 Å². The van der Waals surface area contributed by atoms with E-state index in [2.05, 4.69) is 23.8 Å². The molecule has 19 heavy (non-hydrogen) atoms. The largest absolute Gasteiger partial charge is 0.496 e. The summed E-state index contributed by atoms with van der Waals surface area (Å²) in [6, 6.07) is 7.67. The number of anilines is 1. The van der Waals surface area contributed by atoms with Crippen molar-refractivity contribution in [1.82, 2.24) is 9.97 Å². The summed E-state index contributed by atoms with van der Waals surface area (Å²) >= 11 is 0. The van der Waals surface area contributed by atoms with Gasteiger partial charge in [-0.3, -0.25) is 0 Å². The predicted octanol–water partition coefficient (Wildman–Crippen LogP) is 3.17. The summed E-state index contributed by atoms with van der Waals surface area (Å²) in [5.41, 5.74) is 8.85. The van der Waals surface area contributed by atoms with Crippen molar-refractivity contribution in [1.29, 1.82) is 0 Å². The van der Waals surface area contributed by atoms with Crippen LogP contribution in [-0.2, 0) is 0 Å². The number of ether oxygens (including phenoxy) is 1. The number of nitrogens with zero attached hydrogens (tertiary/aromatic N) is 2. The summed E-state index contributed by atoms with van der Waals surface area (Å²) in [6.45, 7) is 6.14. The zero-order valence-corrected chi connectivity index (χ0v) is 11.8. The Kier molecular flexibility index (Phi) is 3.69. The third-order valence-corrected chi connectivity index (χ3v) is 3.09. The number of aromatic nitrogens is 2. The first kappa shape index (κ1) is 13.3. The molecule has 4 heteroatoms. The van der Waals surface area contributed by atoms with Crippen LogP contribution in [0.25, 0.3) is 11.4 Å². The van der Waals surface area contributed by atoms with Crippen molar-refractivity contribution in [3.8, 4) is 17.1 Å². The van der Waals surface area contributed by atoms with Crippen molar-refractivity contribution >= 4 is 5.82 Å². The van der Waals surface area contributed by atoms with Crippen LogP contribution in [0.3, 0.4) is 0 Å². The molecule has 2 rings (SSSR count). The topological polar surface area (TPSA) is 61.0 Å². The van der Waals surface area contributed by atoms with Gasteiger partial charge in [0.25, 0.3) is 0 Å². The molecule has 0 saturated heterocycles. The van der Waals surface area contributed by atoms with E-state index in [9.17, 15) is 0 Å². The Morgan fingerprint density at radius 3 is 2.42 bits per heavy atom. The van der Waals surface area contributed by atoms with E-state index in [0.29, 0.717) is 17.6 Å². The van der Waals surface area contributed by atoms with Crippen LogP contribution in [0.4, 0.5) is 5.82 Å². The van der Waals surface area contributed by atoms with Gasteiger partial charge < -0.3 is 10.5 Å². The Morgan fingerprint density at radius 2 is 1.84 bits per heavy atom. The molecule has 2 aromatic rings. The SMILES string of the molecule is COc1ccccc1-c1nc(C)c(C(C)C)c(N)n1. The van der Waals surface area contributed by atoms with E-state index in [-0.39, 0.29) is 0 Å². The van der Waals surface area contributed by atoms with Crippen LogP contribution in [0.1, 0.15) is 31.0 Å². The number of methoxy groups -OCH3 is 1. The minimum absolute atomic E-state index is 0.312. The molecule has 0 aliphatic rings. The first-order valence-electron chi connectivity index (χ1n) is 6.32. The van der Waals surface area contributed by atoms with Gasteiger partial charge in [0.05, 0.1) is 12.7 Å². The van der Waals surface area contributed by atoms with Gasteiger partial charge in [-0.2, -0.15) is 0 Å². The Hall–Kier alpha value is -2.10. The summed E-state index contributed by atoms with van der Waals surface area (Å²) in [7, 11) is 1.64. The average Bonchev–Trinajstić information content (AvgIpc) is 2.37. The molecule has 0 saturated carbocycles. The molecule has 0 radical (unpaired) electrons. The molecule has 0 aliphatic carbocycles. The highest BCUT2D eigenvalue weighted by Crippen LogP contribution is 2.30. The van der Waals surface area contributed by atoms with Gasteiger partial charge in [0.1, 0.15) is 11.6 Å². The van der Waals surface area contributed by atoms with E-state index in [0.717, 1.165) is 22.6 Å². The molecule has 0 bridgehead atoms. The van der Waals surface area contributed by atoms with Crippen molar-refractivity contribution in [3.63, 3.8) is 0 Å². The molecule has 1 aromatic heterocycles. The minimum atomic E-state index is 0.312. The Morgan fingerprint density at radius 1 is 1.16 bits per heavy atom. The second-order valence-corrected chi connectivity index (χ2v) is 4.79. The molecule has 1 aromatic carbocycles. The number of para-hydroxylation sites is 1. The molecule has 0 fully saturated rings. The number of aryl methyl sites for hydroxylation is 1. The quantitative estimate of drug-likeness (QED) is 0.917. The van der Waals surface area contributed by atoms with Gasteiger partial charge in [-0.1, -0.05) is 26.0 Å². The standard InChI is InChI=1S/C15H19N3O/c1-9(2)13-10(3)17-15(18-14(13)16)11-7-5-6-8-12(11)19-4/h5-9H,1-4H3,(H2,16,17,18). The molecule has 0 atom stereocenters. The van der Waals surface area contributed by atoms with E-state index < -0.39 is 0 Å². The lowest BCUT2D eigenvalue weighted by molar-refractivity contribution is 0.416. The number of hydrogen-bond acceptors (Lipinski definition) is 4.